The monoisotopic (exact) mass is 343 g/mol. The summed E-state index contributed by atoms with van der Waals surface area (Å²) in [5, 5.41) is 14.5. The fourth-order valence-corrected chi connectivity index (χ4v) is 2.26. The number of carbonyl (C=O) groups is 1. The lowest BCUT2D eigenvalue weighted by Crippen LogP contribution is -2.20. The summed E-state index contributed by atoms with van der Waals surface area (Å²) in [5.74, 6) is 0.333. The van der Waals surface area contributed by atoms with Crippen LogP contribution in [0.15, 0.2) is 48.8 Å². The molecule has 0 unspecified atom stereocenters. The molecular weight excluding hydrogens is 330 g/mol. The molecule has 1 heterocycles. The molecule has 0 atom stereocenters. The minimum atomic E-state index is -0.250. The smallest absolute Gasteiger partial charge is 0.262 e. The number of anilines is 1. The first kappa shape index (κ1) is 15.9. The van der Waals surface area contributed by atoms with Crippen molar-refractivity contribution in [2.45, 2.75) is 6.92 Å². The highest BCUT2D eigenvalue weighted by Crippen LogP contribution is 2.18. The van der Waals surface area contributed by atoms with E-state index in [-0.39, 0.29) is 12.5 Å². The zero-order valence-electron chi connectivity index (χ0n) is 12.8. The maximum atomic E-state index is 12.0. The second kappa shape index (κ2) is 7.10. The van der Waals surface area contributed by atoms with Crippen molar-refractivity contribution in [1.82, 2.24) is 20.2 Å². The van der Waals surface area contributed by atoms with Gasteiger partial charge in [0.2, 0.25) is 0 Å². The van der Waals surface area contributed by atoms with Gasteiger partial charge in [-0.15, -0.1) is 5.10 Å². The van der Waals surface area contributed by atoms with E-state index in [0.717, 1.165) is 11.3 Å². The normalized spacial score (nSPS) is 10.4. The van der Waals surface area contributed by atoms with Gasteiger partial charge >= 0.3 is 0 Å². The third kappa shape index (κ3) is 3.88. The summed E-state index contributed by atoms with van der Waals surface area (Å²) in [6.07, 6.45) is 1.51. The Labute approximate surface area is 143 Å². The third-order valence-corrected chi connectivity index (χ3v) is 3.51. The number of nitrogens with one attached hydrogen (secondary N) is 1. The molecule has 8 heteroatoms. The average molecular weight is 344 g/mol. The predicted octanol–water partition coefficient (Wildman–Crippen LogP) is 2.64. The summed E-state index contributed by atoms with van der Waals surface area (Å²) in [6, 6.07) is 12.3. The summed E-state index contributed by atoms with van der Waals surface area (Å²) in [5.41, 5.74) is 2.45. The minimum Gasteiger partial charge on any atom is -0.484 e. The highest BCUT2D eigenvalue weighted by atomic mass is 35.5. The number of rotatable bonds is 5. The van der Waals surface area contributed by atoms with Crippen LogP contribution in [-0.4, -0.2) is 32.7 Å². The molecule has 0 bridgehead atoms. The number of carbonyl (C=O) groups excluding carboxylic acids is 1. The standard InChI is InChI=1S/C16H14ClN5O2/c1-11-8-13(4-7-15(11)22-10-18-20-21-22)19-16(23)9-24-14-5-2-12(17)3-6-14/h2-8,10H,9H2,1H3,(H,19,23). The maximum Gasteiger partial charge on any atom is 0.262 e. The lowest BCUT2D eigenvalue weighted by molar-refractivity contribution is -0.118. The number of nitrogens with zero attached hydrogens (tertiary/aromatic N) is 4. The quantitative estimate of drug-likeness (QED) is 0.770. The van der Waals surface area contributed by atoms with Crippen LogP contribution in [0, 0.1) is 6.92 Å². The Morgan fingerprint density at radius 1 is 1.25 bits per heavy atom. The largest absolute Gasteiger partial charge is 0.484 e. The van der Waals surface area contributed by atoms with Gasteiger partial charge in [-0.2, -0.15) is 0 Å². The molecule has 2 aromatic carbocycles. The molecule has 0 radical (unpaired) electrons. The van der Waals surface area contributed by atoms with Crippen LogP contribution >= 0.6 is 11.6 Å². The van der Waals surface area contributed by atoms with Crippen molar-refractivity contribution >= 4 is 23.2 Å². The Bertz CT molecular complexity index is 834. The summed E-state index contributed by atoms with van der Waals surface area (Å²) >= 11 is 5.80. The summed E-state index contributed by atoms with van der Waals surface area (Å²) < 4.78 is 6.97. The SMILES string of the molecule is Cc1cc(NC(=O)COc2ccc(Cl)cc2)ccc1-n1cnnn1. The molecule has 0 saturated heterocycles. The summed E-state index contributed by atoms with van der Waals surface area (Å²) in [4.78, 5) is 12.0. The van der Waals surface area contributed by atoms with Gasteiger partial charge in [-0.3, -0.25) is 4.79 Å². The number of halogens is 1. The molecule has 0 aliphatic carbocycles. The van der Waals surface area contributed by atoms with Crippen molar-refractivity contribution in [2.75, 3.05) is 11.9 Å². The van der Waals surface area contributed by atoms with Gasteiger partial charge in [-0.05, 0) is 65.4 Å². The van der Waals surface area contributed by atoms with Gasteiger partial charge in [0, 0.05) is 10.7 Å². The number of tetrazole rings is 1. The predicted molar refractivity (Wildman–Crippen MR) is 89.5 cm³/mol. The zero-order valence-corrected chi connectivity index (χ0v) is 13.6. The van der Waals surface area contributed by atoms with E-state index in [2.05, 4.69) is 20.8 Å². The van der Waals surface area contributed by atoms with Crippen molar-refractivity contribution < 1.29 is 9.53 Å². The van der Waals surface area contributed by atoms with Crippen LogP contribution in [-0.2, 0) is 4.79 Å². The van der Waals surface area contributed by atoms with Crippen molar-refractivity contribution in [1.29, 1.82) is 0 Å². The number of ether oxygens (including phenoxy) is 1. The molecule has 122 valence electrons. The molecule has 0 spiro atoms. The number of benzene rings is 2. The second-order valence-corrected chi connectivity index (χ2v) is 5.48. The Morgan fingerprint density at radius 3 is 2.71 bits per heavy atom. The topological polar surface area (TPSA) is 81.9 Å². The third-order valence-electron chi connectivity index (χ3n) is 3.26. The van der Waals surface area contributed by atoms with E-state index in [0.29, 0.717) is 16.5 Å². The molecule has 7 nitrogen and oxygen atoms in total. The average Bonchev–Trinajstić information content (AvgIpc) is 3.09. The molecule has 1 aromatic heterocycles. The van der Waals surface area contributed by atoms with E-state index >= 15 is 0 Å². The fourth-order valence-electron chi connectivity index (χ4n) is 2.14. The number of hydrogen-bond acceptors (Lipinski definition) is 5. The molecule has 0 aliphatic rings. The molecule has 3 rings (SSSR count). The van der Waals surface area contributed by atoms with Crippen LogP contribution < -0.4 is 10.1 Å². The molecule has 1 amide bonds. The van der Waals surface area contributed by atoms with Gasteiger partial charge in [-0.25, -0.2) is 4.68 Å². The highest BCUT2D eigenvalue weighted by Gasteiger charge is 2.07. The Hall–Kier alpha value is -2.93. The van der Waals surface area contributed by atoms with E-state index in [1.165, 1.54) is 6.33 Å². The van der Waals surface area contributed by atoms with Crippen molar-refractivity contribution in [3.63, 3.8) is 0 Å². The molecule has 3 aromatic rings. The Kier molecular flexibility index (Phi) is 4.72. The molecule has 0 fully saturated rings. The van der Waals surface area contributed by atoms with Crippen molar-refractivity contribution in [3.8, 4) is 11.4 Å². The number of aromatic nitrogens is 4. The van der Waals surface area contributed by atoms with Gasteiger partial charge in [0.15, 0.2) is 6.61 Å². The first-order valence-corrected chi connectivity index (χ1v) is 7.52. The van der Waals surface area contributed by atoms with Gasteiger partial charge < -0.3 is 10.1 Å². The molecule has 0 aliphatic heterocycles. The van der Waals surface area contributed by atoms with E-state index in [1.54, 1.807) is 35.0 Å². The van der Waals surface area contributed by atoms with E-state index in [9.17, 15) is 4.79 Å². The number of amides is 1. The zero-order chi connectivity index (χ0) is 16.9. The van der Waals surface area contributed by atoms with Crippen LogP contribution in [0.5, 0.6) is 5.75 Å². The van der Waals surface area contributed by atoms with Crippen LogP contribution in [0.2, 0.25) is 5.02 Å². The van der Waals surface area contributed by atoms with Gasteiger partial charge in [0.1, 0.15) is 12.1 Å². The van der Waals surface area contributed by atoms with Gasteiger partial charge in [0.05, 0.1) is 5.69 Å². The first-order valence-electron chi connectivity index (χ1n) is 7.14. The molecular formula is C16H14ClN5O2. The Balaban J connectivity index is 1.60. The van der Waals surface area contributed by atoms with Crippen molar-refractivity contribution in [2.24, 2.45) is 0 Å². The molecule has 0 saturated carbocycles. The van der Waals surface area contributed by atoms with Crippen LogP contribution in [0.25, 0.3) is 5.69 Å². The summed E-state index contributed by atoms with van der Waals surface area (Å²) in [7, 11) is 0. The van der Waals surface area contributed by atoms with E-state index in [4.69, 9.17) is 16.3 Å². The minimum absolute atomic E-state index is 0.0879. The first-order chi connectivity index (χ1) is 11.6. The van der Waals surface area contributed by atoms with E-state index in [1.807, 2.05) is 19.1 Å². The lowest BCUT2D eigenvalue weighted by atomic mass is 10.2. The van der Waals surface area contributed by atoms with Crippen LogP contribution in [0.4, 0.5) is 5.69 Å². The number of aryl methyl sites for hydroxylation is 1. The van der Waals surface area contributed by atoms with Crippen molar-refractivity contribution in [3.05, 3.63) is 59.4 Å². The maximum absolute atomic E-state index is 12.0. The highest BCUT2D eigenvalue weighted by molar-refractivity contribution is 6.30. The second-order valence-electron chi connectivity index (χ2n) is 5.05. The fraction of sp³-hybridized carbons (Fsp3) is 0.125. The number of hydrogen-bond donors (Lipinski definition) is 1. The summed E-state index contributed by atoms with van der Waals surface area (Å²) in [6.45, 7) is 1.83. The van der Waals surface area contributed by atoms with Gasteiger partial charge in [0.25, 0.3) is 5.91 Å². The van der Waals surface area contributed by atoms with E-state index < -0.39 is 0 Å². The van der Waals surface area contributed by atoms with Gasteiger partial charge in [-0.1, -0.05) is 11.6 Å². The van der Waals surface area contributed by atoms with Crippen LogP contribution in [0.3, 0.4) is 0 Å². The molecule has 24 heavy (non-hydrogen) atoms. The Morgan fingerprint density at radius 2 is 2.04 bits per heavy atom. The molecule has 1 N–H and O–H groups in total. The van der Waals surface area contributed by atoms with Crippen LogP contribution in [0.1, 0.15) is 5.56 Å². The lowest BCUT2D eigenvalue weighted by Gasteiger charge is -2.10.